The van der Waals surface area contributed by atoms with Gasteiger partial charge in [-0.1, -0.05) is 6.92 Å². The van der Waals surface area contributed by atoms with E-state index in [1.54, 1.807) is 0 Å². The first-order valence-corrected chi connectivity index (χ1v) is 6.86. The number of carbonyl (C=O) groups excluding carboxylic acids is 1. The monoisotopic (exact) mass is 240 g/mol. The molecular formula is C13H24N2O2. The zero-order chi connectivity index (χ0) is 12.3. The van der Waals surface area contributed by atoms with Crippen molar-refractivity contribution in [1.29, 1.82) is 0 Å². The summed E-state index contributed by atoms with van der Waals surface area (Å²) in [7, 11) is 0. The Balaban J connectivity index is 2.00. The lowest BCUT2D eigenvalue weighted by Crippen LogP contribution is -2.54. The summed E-state index contributed by atoms with van der Waals surface area (Å²) in [6.45, 7) is 4.34. The predicted octanol–water partition coefficient (Wildman–Crippen LogP) is 1.14. The van der Waals surface area contributed by atoms with Gasteiger partial charge in [-0.15, -0.1) is 0 Å². The van der Waals surface area contributed by atoms with E-state index < -0.39 is 0 Å². The Morgan fingerprint density at radius 3 is 2.82 bits per heavy atom. The molecule has 2 N–H and O–H groups in total. The lowest BCUT2D eigenvalue weighted by molar-refractivity contribution is -0.151. The first-order valence-electron chi connectivity index (χ1n) is 6.86. The van der Waals surface area contributed by atoms with Crippen molar-refractivity contribution in [1.82, 2.24) is 4.90 Å². The van der Waals surface area contributed by atoms with Crippen LogP contribution in [0, 0.1) is 5.92 Å². The smallest absolute Gasteiger partial charge is 0.251 e. The number of hydrogen-bond acceptors (Lipinski definition) is 3. The average Bonchev–Trinajstić information content (AvgIpc) is 2.38. The normalized spacial score (nSPS) is 34.7. The van der Waals surface area contributed by atoms with Crippen LogP contribution in [0.3, 0.4) is 0 Å². The maximum absolute atomic E-state index is 12.4. The third-order valence-corrected chi connectivity index (χ3v) is 4.10. The molecule has 1 amide bonds. The summed E-state index contributed by atoms with van der Waals surface area (Å²) in [4.78, 5) is 14.4. The second kappa shape index (κ2) is 5.83. The van der Waals surface area contributed by atoms with Crippen LogP contribution in [0.15, 0.2) is 0 Å². The molecule has 0 radical (unpaired) electrons. The zero-order valence-corrected chi connectivity index (χ0v) is 10.7. The quantitative estimate of drug-likeness (QED) is 0.787. The highest BCUT2D eigenvalue weighted by Crippen LogP contribution is 2.25. The van der Waals surface area contributed by atoms with Crippen molar-refractivity contribution in [2.45, 2.75) is 51.2 Å². The number of amides is 1. The number of rotatable bonds is 2. The number of likely N-dealkylation sites (tertiary alicyclic amines) is 1. The van der Waals surface area contributed by atoms with Gasteiger partial charge in [0.25, 0.3) is 5.91 Å². The Morgan fingerprint density at radius 1 is 1.35 bits per heavy atom. The van der Waals surface area contributed by atoms with Crippen LogP contribution < -0.4 is 5.73 Å². The summed E-state index contributed by atoms with van der Waals surface area (Å²) >= 11 is 0. The van der Waals surface area contributed by atoms with E-state index in [0.717, 1.165) is 38.8 Å². The molecule has 2 aliphatic heterocycles. The lowest BCUT2D eigenvalue weighted by atomic mass is 9.90. The van der Waals surface area contributed by atoms with Gasteiger partial charge >= 0.3 is 0 Å². The maximum atomic E-state index is 12.4. The van der Waals surface area contributed by atoms with Gasteiger partial charge in [0.1, 0.15) is 6.10 Å². The zero-order valence-electron chi connectivity index (χ0n) is 10.7. The summed E-state index contributed by atoms with van der Waals surface area (Å²) in [6, 6.07) is 0.210. The molecule has 2 aliphatic rings. The van der Waals surface area contributed by atoms with Gasteiger partial charge in [0.15, 0.2) is 0 Å². The van der Waals surface area contributed by atoms with Gasteiger partial charge in [0.2, 0.25) is 0 Å². The minimum atomic E-state index is -0.205. The van der Waals surface area contributed by atoms with Crippen molar-refractivity contribution in [3.05, 3.63) is 0 Å². The second-order valence-corrected chi connectivity index (χ2v) is 5.31. The van der Waals surface area contributed by atoms with E-state index in [1.807, 2.05) is 4.90 Å². The van der Waals surface area contributed by atoms with Crippen LogP contribution in [0.4, 0.5) is 0 Å². The number of hydrogen-bond donors (Lipinski definition) is 1. The third kappa shape index (κ3) is 2.80. The first kappa shape index (κ1) is 12.8. The average molecular weight is 240 g/mol. The van der Waals surface area contributed by atoms with Crippen molar-refractivity contribution in [2.75, 3.05) is 19.7 Å². The Morgan fingerprint density at radius 2 is 2.18 bits per heavy atom. The first-order chi connectivity index (χ1) is 8.24. The van der Waals surface area contributed by atoms with Gasteiger partial charge in [-0.3, -0.25) is 4.79 Å². The highest BCUT2D eigenvalue weighted by atomic mass is 16.5. The van der Waals surface area contributed by atoms with Crippen LogP contribution in [0.5, 0.6) is 0 Å². The van der Waals surface area contributed by atoms with Crippen molar-refractivity contribution < 1.29 is 9.53 Å². The Bertz CT molecular complexity index is 264. The minimum Gasteiger partial charge on any atom is -0.368 e. The fraction of sp³-hybridized carbons (Fsp3) is 0.923. The summed E-state index contributed by atoms with van der Waals surface area (Å²) in [6.07, 6.45) is 5.13. The molecule has 0 spiro atoms. The Kier molecular flexibility index (Phi) is 4.40. The molecule has 0 aromatic heterocycles. The molecule has 17 heavy (non-hydrogen) atoms. The minimum absolute atomic E-state index is 0.173. The third-order valence-electron chi connectivity index (χ3n) is 4.10. The summed E-state index contributed by atoms with van der Waals surface area (Å²) < 4.78 is 5.59. The number of carbonyl (C=O) groups is 1. The largest absolute Gasteiger partial charge is 0.368 e. The summed E-state index contributed by atoms with van der Waals surface area (Å²) in [5.74, 6) is 0.688. The van der Waals surface area contributed by atoms with E-state index in [-0.39, 0.29) is 18.1 Å². The van der Waals surface area contributed by atoms with Gasteiger partial charge < -0.3 is 15.4 Å². The number of nitrogens with zero attached hydrogens (tertiary/aromatic N) is 1. The molecule has 4 nitrogen and oxygen atoms in total. The molecule has 0 aromatic rings. The van der Waals surface area contributed by atoms with Gasteiger partial charge in [-0.05, 0) is 38.0 Å². The highest BCUT2D eigenvalue weighted by molar-refractivity contribution is 5.81. The lowest BCUT2D eigenvalue weighted by Gasteiger charge is -2.41. The van der Waals surface area contributed by atoms with Crippen molar-refractivity contribution >= 4 is 5.91 Å². The van der Waals surface area contributed by atoms with Crippen LogP contribution in [0.25, 0.3) is 0 Å². The van der Waals surface area contributed by atoms with E-state index in [1.165, 1.54) is 6.42 Å². The SMILES string of the molecule is C[C@@H]1CCCN(C(=O)[C@@H]2CCCCO2)[C@@H]1CN. The molecule has 0 bridgehead atoms. The van der Waals surface area contributed by atoms with E-state index in [4.69, 9.17) is 10.5 Å². The number of ether oxygens (including phenoxy) is 1. The summed E-state index contributed by atoms with van der Waals surface area (Å²) in [5, 5.41) is 0. The van der Waals surface area contributed by atoms with Crippen molar-refractivity contribution in [2.24, 2.45) is 11.7 Å². The number of nitrogens with two attached hydrogens (primary N) is 1. The van der Waals surface area contributed by atoms with Crippen LogP contribution in [-0.4, -0.2) is 42.6 Å². The fourth-order valence-corrected chi connectivity index (χ4v) is 3.00. The van der Waals surface area contributed by atoms with Crippen LogP contribution in [0.1, 0.15) is 39.0 Å². The van der Waals surface area contributed by atoms with Gasteiger partial charge in [-0.2, -0.15) is 0 Å². The van der Waals surface area contributed by atoms with Crippen LogP contribution >= 0.6 is 0 Å². The van der Waals surface area contributed by atoms with E-state index in [9.17, 15) is 4.79 Å². The van der Waals surface area contributed by atoms with Gasteiger partial charge in [0, 0.05) is 25.7 Å². The molecular weight excluding hydrogens is 216 g/mol. The topological polar surface area (TPSA) is 55.6 Å². The van der Waals surface area contributed by atoms with Crippen molar-refractivity contribution in [3.63, 3.8) is 0 Å². The van der Waals surface area contributed by atoms with E-state index in [0.29, 0.717) is 12.5 Å². The molecule has 0 unspecified atom stereocenters. The van der Waals surface area contributed by atoms with Gasteiger partial charge in [0.05, 0.1) is 0 Å². The molecule has 2 fully saturated rings. The second-order valence-electron chi connectivity index (χ2n) is 5.31. The molecule has 2 saturated heterocycles. The highest BCUT2D eigenvalue weighted by Gasteiger charge is 2.35. The molecule has 2 rings (SSSR count). The molecule has 98 valence electrons. The Hall–Kier alpha value is -0.610. The van der Waals surface area contributed by atoms with E-state index >= 15 is 0 Å². The molecule has 0 aromatic carbocycles. The predicted molar refractivity (Wildman–Crippen MR) is 66.5 cm³/mol. The molecule has 0 aliphatic carbocycles. The van der Waals surface area contributed by atoms with Crippen LogP contribution in [0.2, 0.25) is 0 Å². The number of piperidine rings is 1. The molecule has 2 heterocycles. The Labute approximate surface area is 103 Å². The molecule has 4 heteroatoms. The maximum Gasteiger partial charge on any atom is 0.251 e. The molecule has 3 atom stereocenters. The van der Waals surface area contributed by atoms with Crippen LogP contribution in [-0.2, 0) is 9.53 Å². The summed E-state index contributed by atoms with van der Waals surface area (Å²) in [5.41, 5.74) is 5.82. The standard InChI is InChI=1S/C13H24N2O2/c1-10-5-4-7-15(11(10)9-14)13(16)12-6-2-3-8-17-12/h10-12H,2-9,14H2,1H3/t10-,11-,12+/m1/s1. The van der Waals surface area contributed by atoms with Crippen molar-refractivity contribution in [3.8, 4) is 0 Å². The fourth-order valence-electron chi connectivity index (χ4n) is 3.00. The van der Waals surface area contributed by atoms with Gasteiger partial charge in [-0.25, -0.2) is 0 Å². The van der Waals surface area contributed by atoms with E-state index in [2.05, 4.69) is 6.92 Å². The molecule has 0 saturated carbocycles.